The van der Waals surface area contributed by atoms with Crippen LogP contribution in [0.4, 0.5) is 0 Å². The molecule has 0 saturated heterocycles. The van der Waals surface area contributed by atoms with E-state index in [0.29, 0.717) is 6.04 Å². The van der Waals surface area contributed by atoms with E-state index >= 15 is 0 Å². The van der Waals surface area contributed by atoms with Crippen LogP contribution in [0.15, 0.2) is 45.3 Å². The van der Waals surface area contributed by atoms with Gasteiger partial charge in [0.2, 0.25) is 0 Å². The Kier molecular flexibility index (Phi) is 4.61. The molecule has 3 heteroatoms. The van der Waals surface area contributed by atoms with Gasteiger partial charge in [-0.25, -0.2) is 0 Å². The molecule has 1 N–H and O–H groups in total. The Morgan fingerprint density at radius 3 is 2.72 bits per heavy atom. The quantitative estimate of drug-likeness (QED) is 0.893. The SMILES string of the molecule is CCNC(C)Cc1ccc(-c2ccccc2Br)o1. The molecule has 0 fully saturated rings. The van der Waals surface area contributed by atoms with Crippen molar-refractivity contribution in [2.24, 2.45) is 0 Å². The van der Waals surface area contributed by atoms with Crippen LogP contribution in [0.5, 0.6) is 0 Å². The van der Waals surface area contributed by atoms with Gasteiger partial charge in [0, 0.05) is 22.5 Å². The van der Waals surface area contributed by atoms with Crippen molar-refractivity contribution >= 4 is 15.9 Å². The van der Waals surface area contributed by atoms with Crippen molar-refractivity contribution in [2.75, 3.05) is 6.54 Å². The molecule has 0 bridgehead atoms. The van der Waals surface area contributed by atoms with Gasteiger partial charge in [0.1, 0.15) is 11.5 Å². The molecule has 0 radical (unpaired) electrons. The van der Waals surface area contributed by atoms with Crippen molar-refractivity contribution in [1.29, 1.82) is 0 Å². The molecule has 1 unspecified atom stereocenters. The van der Waals surface area contributed by atoms with Gasteiger partial charge in [-0.15, -0.1) is 0 Å². The van der Waals surface area contributed by atoms with E-state index in [4.69, 9.17) is 4.42 Å². The van der Waals surface area contributed by atoms with Gasteiger partial charge in [-0.05, 0) is 31.7 Å². The lowest BCUT2D eigenvalue weighted by Gasteiger charge is -2.09. The van der Waals surface area contributed by atoms with E-state index in [9.17, 15) is 0 Å². The van der Waals surface area contributed by atoms with Gasteiger partial charge in [0.15, 0.2) is 0 Å². The molecule has 0 aliphatic heterocycles. The zero-order valence-electron chi connectivity index (χ0n) is 10.7. The maximum atomic E-state index is 5.90. The van der Waals surface area contributed by atoms with Gasteiger partial charge in [-0.3, -0.25) is 0 Å². The minimum atomic E-state index is 0.438. The van der Waals surface area contributed by atoms with Gasteiger partial charge in [-0.2, -0.15) is 0 Å². The van der Waals surface area contributed by atoms with Crippen LogP contribution in [-0.2, 0) is 6.42 Å². The first-order chi connectivity index (χ1) is 8.70. The molecule has 2 aromatic rings. The number of halogens is 1. The molecule has 0 spiro atoms. The molecule has 1 heterocycles. The highest BCUT2D eigenvalue weighted by Gasteiger charge is 2.09. The average Bonchev–Trinajstić information content (AvgIpc) is 2.78. The molecule has 0 aliphatic carbocycles. The number of rotatable bonds is 5. The summed E-state index contributed by atoms with van der Waals surface area (Å²) in [6.45, 7) is 5.27. The van der Waals surface area contributed by atoms with E-state index in [1.165, 1.54) is 0 Å². The van der Waals surface area contributed by atoms with Crippen LogP contribution in [0.1, 0.15) is 19.6 Å². The van der Waals surface area contributed by atoms with E-state index in [-0.39, 0.29) is 0 Å². The molecule has 0 saturated carbocycles. The first-order valence-corrected chi connectivity index (χ1v) is 7.07. The number of likely N-dealkylation sites (N-methyl/N-ethyl adjacent to an activating group) is 1. The lowest BCUT2D eigenvalue weighted by Crippen LogP contribution is -2.27. The summed E-state index contributed by atoms with van der Waals surface area (Å²) in [6.07, 6.45) is 0.915. The van der Waals surface area contributed by atoms with Crippen LogP contribution in [0.2, 0.25) is 0 Å². The lowest BCUT2D eigenvalue weighted by atomic mass is 10.2. The van der Waals surface area contributed by atoms with Crippen molar-refractivity contribution in [3.63, 3.8) is 0 Å². The van der Waals surface area contributed by atoms with Crippen LogP contribution < -0.4 is 5.32 Å². The number of nitrogens with one attached hydrogen (secondary N) is 1. The fourth-order valence-electron chi connectivity index (χ4n) is 2.02. The standard InChI is InChI=1S/C15H18BrNO/c1-3-17-11(2)10-12-8-9-15(18-12)13-6-4-5-7-14(13)16/h4-9,11,17H,3,10H2,1-2H3. The minimum Gasteiger partial charge on any atom is -0.461 e. The molecule has 1 aromatic heterocycles. The first kappa shape index (κ1) is 13.4. The van der Waals surface area contributed by atoms with Crippen molar-refractivity contribution in [1.82, 2.24) is 5.32 Å². The summed E-state index contributed by atoms with van der Waals surface area (Å²) in [5.41, 5.74) is 1.10. The normalized spacial score (nSPS) is 12.6. The summed E-state index contributed by atoms with van der Waals surface area (Å²) in [7, 11) is 0. The van der Waals surface area contributed by atoms with Gasteiger partial charge in [-0.1, -0.05) is 41.1 Å². The average molecular weight is 308 g/mol. The highest BCUT2D eigenvalue weighted by Crippen LogP contribution is 2.29. The Labute approximate surface area is 117 Å². The van der Waals surface area contributed by atoms with Crippen LogP contribution in [0, 0.1) is 0 Å². The Hall–Kier alpha value is -1.06. The largest absolute Gasteiger partial charge is 0.461 e. The van der Waals surface area contributed by atoms with E-state index in [1.54, 1.807) is 0 Å². The Bertz CT molecular complexity index is 507. The monoisotopic (exact) mass is 307 g/mol. The predicted octanol–water partition coefficient (Wildman–Crippen LogP) is 4.25. The third-order valence-corrected chi connectivity index (χ3v) is 3.55. The Balaban J connectivity index is 2.13. The van der Waals surface area contributed by atoms with Gasteiger partial charge in [0.25, 0.3) is 0 Å². The van der Waals surface area contributed by atoms with Crippen molar-refractivity contribution < 1.29 is 4.42 Å². The summed E-state index contributed by atoms with van der Waals surface area (Å²) in [5, 5.41) is 3.39. The zero-order chi connectivity index (χ0) is 13.0. The summed E-state index contributed by atoms with van der Waals surface area (Å²) < 4.78 is 6.96. The van der Waals surface area contributed by atoms with Crippen molar-refractivity contribution in [3.8, 4) is 11.3 Å². The molecular formula is C15H18BrNO. The first-order valence-electron chi connectivity index (χ1n) is 6.27. The Morgan fingerprint density at radius 1 is 1.22 bits per heavy atom. The topological polar surface area (TPSA) is 25.2 Å². The van der Waals surface area contributed by atoms with Gasteiger partial charge < -0.3 is 9.73 Å². The molecule has 2 rings (SSSR count). The smallest absolute Gasteiger partial charge is 0.135 e. The van der Waals surface area contributed by atoms with Gasteiger partial charge in [0.05, 0.1) is 0 Å². The third kappa shape index (κ3) is 3.24. The fourth-order valence-corrected chi connectivity index (χ4v) is 2.50. The van der Waals surface area contributed by atoms with Crippen molar-refractivity contribution in [2.45, 2.75) is 26.3 Å². The van der Waals surface area contributed by atoms with Crippen LogP contribution in [0.3, 0.4) is 0 Å². The number of benzene rings is 1. The molecular weight excluding hydrogens is 290 g/mol. The molecule has 2 nitrogen and oxygen atoms in total. The highest BCUT2D eigenvalue weighted by atomic mass is 79.9. The van der Waals surface area contributed by atoms with Crippen LogP contribution in [0.25, 0.3) is 11.3 Å². The molecule has 18 heavy (non-hydrogen) atoms. The minimum absolute atomic E-state index is 0.438. The summed E-state index contributed by atoms with van der Waals surface area (Å²) in [4.78, 5) is 0. The second-order valence-corrected chi connectivity index (χ2v) is 5.26. The number of furan rings is 1. The van der Waals surface area contributed by atoms with E-state index in [2.05, 4.69) is 47.2 Å². The number of hydrogen-bond acceptors (Lipinski definition) is 2. The second kappa shape index (κ2) is 6.21. The predicted molar refractivity (Wildman–Crippen MR) is 78.7 cm³/mol. The summed E-state index contributed by atoms with van der Waals surface area (Å²) >= 11 is 3.55. The maximum Gasteiger partial charge on any atom is 0.135 e. The van der Waals surface area contributed by atoms with Crippen LogP contribution >= 0.6 is 15.9 Å². The van der Waals surface area contributed by atoms with Gasteiger partial charge >= 0.3 is 0 Å². The van der Waals surface area contributed by atoms with E-state index in [1.807, 2.05) is 24.3 Å². The van der Waals surface area contributed by atoms with E-state index in [0.717, 1.165) is 34.5 Å². The molecule has 1 aromatic carbocycles. The zero-order valence-corrected chi connectivity index (χ0v) is 12.3. The Morgan fingerprint density at radius 2 is 2.00 bits per heavy atom. The number of hydrogen-bond donors (Lipinski definition) is 1. The second-order valence-electron chi connectivity index (χ2n) is 4.41. The molecule has 96 valence electrons. The summed E-state index contributed by atoms with van der Waals surface area (Å²) in [5.74, 6) is 1.94. The lowest BCUT2D eigenvalue weighted by molar-refractivity contribution is 0.470. The molecule has 1 atom stereocenters. The summed E-state index contributed by atoms with van der Waals surface area (Å²) in [6, 6.07) is 12.6. The highest BCUT2D eigenvalue weighted by molar-refractivity contribution is 9.10. The maximum absolute atomic E-state index is 5.90. The van der Waals surface area contributed by atoms with Crippen molar-refractivity contribution in [3.05, 3.63) is 46.6 Å². The molecule has 0 amide bonds. The molecule has 0 aliphatic rings. The fraction of sp³-hybridized carbons (Fsp3) is 0.333. The third-order valence-electron chi connectivity index (χ3n) is 2.86. The van der Waals surface area contributed by atoms with E-state index < -0.39 is 0 Å². The van der Waals surface area contributed by atoms with Crippen LogP contribution in [-0.4, -0.2) is 12.6 Å².